The van der Waals surface area contributed by atoms with Crippen LogP contribution in [0.15, 0.2) is 0 Å². The number of carboxylic acid groups (broad SMARTS) is 3. The molecule has 0 aromatic carbocycles. The van der Waals surface area contributed by atoms with Crippen LogP contribution >= 0.6 is 12.6 Å². The number of thiol groups is 1. The molecule has 0 bridgehead atoms. The molecule has 0 fully saturated rings. The highest BCUT2D eigenvalue weighted by molar-refractivity contribution is 7.80. The summed E-state index contributed by atoms with van der Waals surface area (Å²) in [6, 6.07) is -2.11. The molecule has 0 spiro atoms. The molecule has 0 heterocycles. The summed E-state index contributed by atoms with van der Waals surface area (Å²) in [4.78, 5) is 29.4. The highest BCUT2D eigenvalue weighted by Crippen LogP contribution is 1.86. The Kier molecular flexibility index (Phi) is 9.55. The second-order valence-corrected chi connectivity index (χ2v) is 3.04. The minimum atomic E-state index is -1.29. The van der Waals surface area contributed by atoms with E-state index in [9.17, 15) is 14.4 Å². The summed E-state index contributed by atoms with van der Waals surface area (Å²) in [5.41, 5.74) is 9.78. The summed E-state index contributed by atoms with van der Waals surface area (Å²) in [6.07, 6.45) is -0.532. The molecule has 0 rings (SSSR count). The Bertz CT molecular complexity index is 259. The van der Waals surface area contributed by atoms with Gasteiger partial charge in [0.2, 0.25) is 0 Å². The van der Waals surface area contributed by atoms with Crippen LogP contribution in [0.1, 0.15) is 6.42 Å². The van der Waals surface area contributed by atoms with Crippen molar-refractivity contribution in [2.24, 2.45) is 11.5 Å². The maximum Gasteiger partial charge on any atom is 0.321 e. The predicted octanol–water partition coefficient (Wildman–Crippen LogP) is -1.80. The van der Waals surface area contributed by atoms with E-state index in [2.05, 4.69) is 12.6 Å². The van der Waals surface area contributed by atoms with Crippen LogP contribution in [-0.4, -0.2) is 51.1 Å². The highest BCUT2D eigenvalue weighted by Gasteiger charge is 2.14. The molecule has 0 aliphatic heterocycles. The lowest BCUT2D eigenvalue weighted by Gasteiger charge is -1.99. The molecule has 0 aliphatic carbocycles. The van der Waals surface area contributed by atoms with Crippen molar-refractivity contribution >= 4 is 30.5 Å². The fourth-order valence-corrected chi connectivity index (χ4v) is 0.510. The molecule has 0 radical (unpaired) electrons. The second-order valence-electron chi connectivity index (χ2n) is 2.67. The maximum absolute atomic E-state index is 9.85. The van der Waals surface area contributed by atoms with Gasteiger partial charge in [-0.1, -0.05) is 0 Å². The lowest BCUT2D eigenvalue weighted by atomic mass is 10.2. The number of aliphatic carboxylic acids is 3. The smallest absolute Gasteiger partial charge is 0.321 e. The Morgan fingerprint density at radius 3 is 1.44 bits per heavy atom. The predicted molar refractivity (Wildman–Crippen MR) is 57.3 cm³/mol. The Balaban J connectivity index is 0. The van der Waals surface area contributed by atoms with Crippen molar-refractivity contribution < 1.29 is 29.7 Å². The number of carboxylic acids is 3. The molecule has 0 aromatic rings. The zero-order chi connectivity index (χ0) is 13.3. The zero-order valence-corrected chi connectivity index (χ0v) is 9.13. The molecule has 8 nitrogen and oxygen atoms in total. The highest BCUT2D eigenvalue weighted by atomic mass is 32.1. The first-order valence-corrected chi connectivity index (χ1v) is 4.65. The topological polar surface area (TPSA) is 164 Å². The number of hydrogen-bond acceptors (Lipinski definition) is 6. The molecule has 0 saturated carbocycles. The zero-order valence-electron chi connectivity index (χ0n) is 8.24. The molecule has 0 aliphatic rings. The van der Waals surface area contributed by atoms with Crippen LogP contribution in [0, 0.1) is 0 Å². The number of hydrogen-bond donors (Lipinski definition) is 6. The van der Waals surface area contributed by atoms with Gasteiger partial charge < -0.3 is 26.8 Å². The first-order chi connectivity index (χ1) is 7.22. The van der Waals surface area contributed by atoms with Crippen LogP contribution in [-0.2, 0) is 14.4 Å². The van der Waals surface area contributed by atoms with Gasteiger partial charge in [-0.2, -0.15) is 12.6 Å². The van der Waals surface area contributed by atoms with E-state index < -0.39 is 36.4 Å². The van der Waals surface area contributed by atoms with Crippen molar-refractivity contribution in [2.75, 3.05) is 5.75 Å². The molecule has 9 heteroatoms. The van der Waals surface area contributed by atoms with Gasteiger partial charge in [0.05, 0.1) is 6.42 Å². The molecular formula is C7H14N2O6S. The fourth-order valence-electron chi connectivity index (χ4n) is 0.354. The third-order valence-corrected chi connectivity index (χ3v) is 1.62. The van der Waals surface area contributed by atoms with E-state index in [1.54, 1.807) is 0 Å². The summed E-state index contributed by atoms with van der Waals surface area (Å²) in [5.74, 6) is -3.31. The van der Waals surface area contributed by atoms with Crippen molar-refractivity contribution in [2.45, 2.75) is 18.5 Å². The second kappa shape index (κ2) is 8.95. The summed E-state index contributed by atoms with van der Waals surface area (Å²) in [6.45, 7) is 0. The van der Waals surface area contributed by atoms with E-state index >= 15 is 0 Å². The van der Waals surface area contributed by atoms with Crippen LogP contribution in [0.3, 0.4) is 0 Å². The van der Waals surface area contributed by atoms with Crippen molar-refractivity contribution in [1.29, 1.82) is 0 Å². The van der Waals surface area contributed by atoms with E-state index in [0.29, 0.717) is 0 Å². The lowest BCUT2D eigenvalue weighted by Crippen LogP contribution is -2.32. The summed E-state index contributed by atoms with van der Waals surface area (Å²) in [5, 5.41) is 24.0. The third-order valence-electron chi connectivity index (χ3n) is 1.23. The molecule has 0 amide bonds. The molecular weight excluding hydrogens is 240 g/mol. The largest absolute Gasteiger partial charge is 0.481 e. The average molecular weight is 254 g/mol. The fraction of sp³-hybridized carbons (Fsp3) is 0.571. The first-order valence-electron chi connectivity index (χ1n) is 4.01. The van der Waals surface area contributed by atoms with Gasteiger partial charge in [-0.3, -0.25) is 14.4 Å². The van der Waals surface area contributed by atoms with Gasteiger partial charge in [0.1, 0.15) is 12.1 Å². The van der Waals surface area contributed by atoms with E-state index in [1.807, 2.05) is 0 Å². The number of rotatable bonds is 5. The molecule has 2 atom stereocenters. The maximum atomic E-state index is 9.85. The van der Waals surface area contributed by atoms with E-state index in [4.69, 9.17) is 26.8 Å². The Morgan fingerprint density at radius 1 is 1.00 bits per heavy atom. The monoisotopic (exact) mass is 254 g/mol. The van der Waals surface area contributed by atoms with Gasteiger partial charge in [-0.15, -0.1) is 0 Å². The Labute approximate surface area is 96.6 Å². The minimum absolute atomic E-state index is 0.190. The van der Waals surface area contributed by atoms with E-state index in [0.717, 1.165) is 0 Å². The van der Waals surface area contributed by atoms with Crippen LogP contribution in [0.2, 0.25) is 0 Å². The van der Waals surface area contributed by atoms with E-state index in [-0.39, 0.29) is 5.75 Å². The first kappa shape index (κ1) is 17.1. The van der Waals surface area contributed by atoms with Crippen LogP contribution in [0.25, 0.3) is 0 Å². The molecule has 0 saturated heterocycles. The van der Waals surface area contributed by atoms with Crippen LogP contribution in [0.4, 0.5) is 0 Å². The van der Waals surface area contributed by atoms with E-state index in [1.165, 1.54) is 0 Å². The Hall–Kier alpha value is -1.32. The molecule has 7 N–H and O–H groups in total. The van der Waals surface area contributed by atoms with Crippen molar-refractivity contribution in [3.8, 4) is 0 Å². The standard InChI is InChI=1S/C4H7NO4.C3H7NO2S/c5-2(4(8)9)1-3(6)7;4-2(1-7)3(5)6/h2H,1,5H2,(H,6,7)(H,8,9);2,7H,1,4H2,(H,5,6)/t2*2-/m00/s1. The van der Waals surface area contributed by atoms with Crippen LogP contribution < -0.4 is 11.5 Å². The number of carbonyl (C=O) groups is 3. The van der Waals surface area contributed by atoms with Gasteiger partial charge in [-0.25, -0.2) is 0 Å². The number of nitrogens with two attached hydrogens (primary N) is 2. The lowest BCUT2D eigenvalue weighted by molar-refractivity contribution is -0.144. The third kappa shape index (κ3) is 10.8. The summed E-state index contributed by atoms with van der Waals surface area (Å²) < 4.78 is 0. The van der Waals surface area contributed by atoms with Gasteiger partial charge in [0, 0.05) is 5.75 Å². The summed E-state index contributed by atoms with van der Waals surface area (Å²) in [7, 11) is 0. The normalized spacial score (nSPS) is 12.9. The van der Waals surface area contributed by atoms with Gasteiger partial charge >= 0.3 is 17.9 Å². The average Bonchev–Trinajstić information content (AvgIpc) is 2.16. The molecule has 16 heavy (non-hydrogen) atoms. The van der Waals surface area contributed by atoms with Crippen molar-refractivity contribution in [1.82, 2.24) is 0 Å². The van der Waals surface area contributed by atoms with Gasteiger partial charge in [0.25, 0.3) is 0 Å². The van der Waals surface area contributed by atoms with Crippen molar-refractivity contribution in [3.05, 3.63) is 0 Å². The Morgan fingerprint density at radius 2 is 1.38 bits per heavy atom. The SMILES string of the molecule is N[C@@H](CC(=O)O)C(=O)O.N[C@@H](CS)C(=O)O. The van der Waals surface area contributed by atoms with Crippen molar-refractivity contribution in [3.63, 3.8) is 0 Å². The van der Waals surface area contributed by atoms with Crippen LogP contribution in [0.5, 0.6) is 0 Å². The summed E-state index contributed by atoms with van der Waals surface area (Å²) >= 11 is 3.65. The molecule has 94 valence electrons. The molecule has 0 unspecified atom stereocenters. The quantitative estimate of drug-likeness (QED) is 0.313. The van der Waals surface area contributed by atoms with Gasteiger partial charge in [0.15, 0.2) is 0 Å². The minimum Gasteiger partial charge on any atom is -0.481 e. The van der Waals surface area contributed by atoms with Gasteiger partial charge in [-0.05, 0) is 0 Å². The molecule has 0 aromatic heterocycles.